The van der Waals surface area contributed by atoms with Crippen LogP contribution in [0.3, 0.4) is 0 Å². The number of halogens is 3. The second-order valence-electron chi connectivity index (χ2n) is 3.07. The summed E-state index contributed by atoms with van der Waals surface area (Å²) in [6, 6.07) is 4.97. The molecule has 2 rings (SSSR count). The minimum atomic E-state index is -4.40. The van der Waals surface area contributed by atoms with Crippen molar-refractivity contribution in [2.24, 2.45) is 0 Å². The summed E-state index contributed by atoms with van der Waals surface area (Å²) in [5.41, 5.74) is -0.743. The first kappa shape index (κ1) is 9.76. The van der Waals surface area contributed by atoms with Crippen molar-refractivity contribution in [2.75, 3.05) is 0 Å². The highest BCUT2D eigenvalue weighted by Gasteiger charge is 2.32. The van der Waals surface area contributed by atoms with E-state index in [1.165, 1.54) is 18.2 Å². The van der Waals surface area contributed by atoms with Gasteiger partial charge in [-0.1, -0.05) is 12.1 Å². The molecule has 1 heterocycles. The van der Waals surface area contributed by atoms with Gasteiger partial charge in [-0.15, -0.1) is 0 Å². The minimum absolute atomic E-state index is 0.0113. The molecule has 0 fully saturated rings. The predicted octanol–water partition coefficient (Wildman–Crippen LogP) is 2.96. The van der Waals surface area contributed by atoms with Gasteiger partial charge in [-0.3, -0.25) is 0 Å². The van der Waals surface area contributed by atoms with Gasteiger partial charge in [0.05, 0.1) is 5.56 Å². The molecule has 0 aliphatic carbocycles. The van der Waals surface area contributed by atoms with E-state index in [1.807, 2.05) is 0 Å². The highest BCUT2D eigenvalue weighted by atomic mass is 19.4. The van der Waals surface area contributed by atoms with Crippen LogP contribution < -0.4 is 0 Å². The van der Waals surface area contributed by atoms with Crippen LogP contribution in [0.2, 0.25) is 0 Å². The average Bonchev–Trinajstić information content (AvgIpc) is 2.15. The van der Waals surface area contributed by atoms with Gasteiger partial charge in [-0.2, -0.15) is 13.2 Å². The first-order chi connectivity index (χ1) is 6.98. The summed E-state index contributed by atoms with van der Waals surface area (Å²) in [6.07, 6.45) is -3.38. The molecule has 0 spiro atoms. The molecule has 5 heteroatoms. The molecule has 0 aliphatic rings. The van der Waals surface area contributed by atoms with Gasteiger partial charge in [0.25, 0.3) is 0 Å². The van der Waals surface area contributed by atoms with Gasteiger partial charge < -0.3 is 5.11 Å². The van der Waals surface area contributed by atoms with Crippen molar-refractivity contribution < 1.29 is 18.3 Å². The first-order valence-electron chi connectivity index (χ1n) is 4.13. The zero-order valence-corrected chi connectivity index (χ0v) is 7.42. The molecule has 0 amide bonds. The number of rotatable bonds is 0. The smallest absolute Gasteiger partial charge is 0.417 e. The number of fused-ring (bicyclic) bond motifs is 1. The van der Waals surface area contributed by atoms with Crippen LogP contribution in [-0.2, 0) is 6.18 Å². The summed E-state index contributed by atoms with van der Waals surface area (Å²) < 4.78 is 37.6. The van der Waals surface area contributed by atoms with Crippen molar-refractivity contribution in [2.45, 2.75) is 6.18 Å². The van der Waals surface area contributed by atoms with E-state index in [0.29, 0.717) is 5.39 Å². The molecule has 78 valence electrons. The van der Waals surface area contributed by atoms with Crippen LogP contribution in [0.15, 0.2) is 30.5 Å². The third-order valence-corrected chi connectivity index (χ3v) is 2.06. The first-order valence-corrected chi connectivity index (χ1v) is 4.13. The van der Waals surface area contributed by atoms with Crippen molar-refractivity contribution in [1.29, 1.82) is 0 Å². The summed E-state index contributed by atoms with van der Waals surface area (Å²) in [7, 11) is 0. The van der Waals surface area contributed by atoms with Crippen molar-refractivity contribution in [3.63, 3.8) is 0 Å². The minimum Gasteiger partial charge on any atom is -0.493 e. The highest BCUT2D eigenvalue weighted by Crippen LogP contribution is 2.34. The Kier molecular flexibility index (Phi) is 2.03. The summed E-state index contributed by atoms with van der Waals surface area (Å²) in [5.74, 6) is -0.290. The third kappa shape index (κ3) is 1.72. The topological polar surface area (TPSA) is 33.1 Å². The molecule has 15 heavy (non-hydrogen) atoms. The fourth-order valence-corrected chi connectivity index (χ4v) is 1.41. The maximum atomic E-state index is 12.5. The molecule has 0 aliphatic heterocycles. The largest absolute Gasteiger partial charge is 0.493 e. The number of nitrogens with zero attached hydrogens (tertiary/aromatic N) is 1. The van der Waals surface area contributed by atoms with Crippen LogP contribution in [0.25, 0.3) is 10.8 Å². The van der Waals surface area contributed by atoms with Gasteiger partial charge in [0, 0.05) is 17.6 Å². The van der Waals surface area contributed by atoms with Crippen molar-refractivity contribution in [3.8, 4) is 5.88 Å². The van der Waals surface area contributed by atoms with E-state index in [0.717, 1.165) is 12.3 Å². The second-order valence-corrected chi connectivity index (χ2v) is 3.07. The molecular formula is C10H6F3NO. The monoisotopic (exact) mass is 213 g/mol. The molecule has 2 nitrogen and oxygen atoms in total. The van der Waals surface area contributed by atoms with E-state index < -0.39 is 11.7 Å². The molecule has 2 aromatic rings. The number of alkyl halides is 3. The van der Waals surface area contributed by atoms with Crippen molar-refractivity contribution in [3.05, 3.63) is 36.0 Å². The molecule has 0 unspecified atom stereocenters. The van der Waals surface area contributed by atoms with Gasteiger partial charge >= 0.3 is 6.18 Å². The molecule has 0 bridgehead atoms. The summed E-state index contributed by atoms with van der Waals surface area (Å²) >= 11 is 0. The van der Waals surface area contributed by atoms with Crippen LogP contribution in [0.4, 0.5) is 13.2 Å². The number of pyridine rings is 1. The van der Waals surface area contributed by atoms with E-state index in [9.17, 15) is 13.2 Å². The predicted molar refractivity (Wildman–Crippen MR) is 48.4 cm³/mol. The number of hydrogen-bond acceptors (Lipinski definition) is 2. The average molecular weight is 213 g/mol. The number of aromatic hydroxyl groups is 1. The van der Waals surface area contributed by atoms with Crippen LogP contribution in [0.5, 0.6) is 5.88 Å². The lowest BCUT2D eigenvalue weighted by Crippen LogP contribution is -2.05. The standard InChI is InChI=1S/C10H6F3NO/c11-10(12,13)8-3-1-2-6-4-9(15)14-5-7(6)8/h1-5H,(H,14,15). The molecular weight excluding hydrogens is 207 g/mol. The fourth-order valence-electron chi connectivity index (χ4n) is 1.41. The highest BCUT2D eigenvalue weighted by molar-refractivity contribution is 5.86. The van der Waals surface area contributed by atoms with Gasteiger partial charge in [0.15, 0.2) is 0 Å². The maximum Gasteiger partial charge on any atom is 0.417 e. The molecule has 0 saturated carbocycles. The summed E-state index contributed by atoms with van der Waals surface area (Å²) in [5, 5.41) is 9.34. The van der Waals surface area contributed by atoms with E-state index in [4.69, 9.17) is 5.11 Å². The molecule has 1 aromatic carbocycles. The van der Waals surface area contributed by atoms with Gasteiger partial charge in [-0.25, -0.2) is 4.98 Å². The van der Waals surface area contributed by atoms with E-state index >= 15 is 0 Å². The number of benzene rings is 1. The second kappa shape index (κ2) is 3.12. The lowest BCUT2D eigenvalue weighted by Gasteiger charge is -2.09. The number of aromatic nitrogens is 1. The molecule has 0 radical (unpaired) electrons. The van der Waals surface area contributed by atoms with Crippen LogP contribution >= 0.6 is 0 Å². The normalized spacial score (nSPS) is 11.9. The van der Waals surface area contributed by atoms with E-state index in [1.54, 1.807) is 0 Å². The summed E-state index contributed by atoms with van der Waals surface area (Å²) in [4.78, 5) is 3.44. The fraction of sp³-hybridized carbons (Fsp3) is 0.100. The van der Waals surface area contributed by atoms with Crippen molar-refractivity contribution >= 4 is 10.8 Å². The molecule has 1 aromatic heterocycles. The van der Waals surface area contributed by atoms with E-state index in [-0.39, 0.29) is 11.3 Å². The summed E-state index contributed by atoms with van der Waals surface area (Å²) in [6.45, 7) is 0. The lowest BCUT2D eigenvalue weighted by molar-refractivity contribution is -0.136. The van der Waals surface area contributed by atoms with Crippen molar-refractivity contribution in [1.82, 2.24) is 4.98 Å². The Labute approximate surface area is 83.0 Å². The van der Waals surface area contributed by atoms with Crippen LogP contribution in [-0.4, -0.2) is 10.1 Å². The van der Waals surface area contributed by atoms with Crippen LogP contribution in [0.1, 0.15) is 5.56 Å². The number of hydrogen-bond donors (Lipinski definition) is 1. The SMILES string of the molecule is Oc1cc2cccc(C(F)(F)F)c2cn1. The Balaban J connectivity index is 2.77. The van der Waals surface area contributed by atoms with E-state index in [2.05, 4.69) is 4.98 Å². The zero-order valence-electron chi connectivity index (χ0n) is 7.42. The van der Waals surface area contributed by atoms with Gasteiger partial charge in [0.1, 0.15) is 0 Å². The van der Waals surface area contributed by atoms with Crippen LogP contribution in [0, 0.1) is 0 Å². The Bertz CT molecular complexity index is 507. The lowest BCUT2D eigenvalue weighted by atomic mass is 10.1. The molecule has 0 atom stereocenters. The van der Waals surface area contributed by atoms with Gasteiger partial charge in [0.2, 0.25) is 5.88 Å². The van der Waals surface area contributed by atoms with Gasteiger partial charge in [-0.05, 0) is 11.5 Å². The Morgan fingerprint density at radius 2 is 1.93 bits per heavy atom. The molecule has 0 saturated heterocycles. The quantitative estimate of drug-likeness (QED) is 0.729. The molecule has 1 N–H and O–H groups in total. The Morgan fingerprint density at radius 1 is 1.20 bits per heavy atom. The Hall–Kier alpha value is -1.78. The zero-order chi connectivity index (χ0) is 11.1. The Morgan fingerprint density at radius 3 is 2.60 bits per heavy atom. The third-order valence-electron chi connectivity index (χ3n) is 2.06. The maximum absolute atomic E-state index is 12.5.